The monoisotopic (exact) mass is 335 g/mol. The molecule has 0 saturated heterocycles. The van der Waals surface area contributed by atoms with Crippen molar-refractivity contribution >= 4 is 50.2 Å². The second-order valence-electron chi connectivity index (χ2n) is 3.84. The standard InChI is InChI=1S/C12H11Cl2NO2S2/c1-2-11-3-4-12(18-11)19(16,17)15-10-6-8(13)5-9(14)7-10/h3-7,15H,2H2,1H3. The number of nitrogens with one attached hydrogen (secondary N) is 1. The quantitative estimate of drug-likeness (QED) is 0.898. The Hall–Kier alpha value is -0.750. The van der Waals surface area contributed by atoms with Crippen molar-refractivity contribution in [1.29, 1.82) is 0 Å². The molecule has 3 nitrogen and oxygen atoms in total. The van der Waals surface area contributed by atoms with Crippen molar-refractivity contribution in [2.24, 2.45) is 0 Å². The fourth-order valence-corrected chi connectivity index (χ4v) is 4.37. The van der Waals surface area contributed by atoms with Crippen LogP contribution in [0.3, 0.4) is 0 Å². The van der Waals surface area contributed by atoms with Gasteiger partial charge in [0.05, 0.1) is 5.69 Å². The van der Waals surface area contributed by atoms with Gasteiger partial charge in [0.25, 0.3) is 10.0 Å². The summed E-state index contributed by atoms with van der Waals surface area (Å²) in [7, 11) is -3.58. The highest BCUT2D eigenvalue weighted by atomic mass is 35.5. The van der Waals surface area contributed by atoms with Crippen LogP contribution in [0.4, 0.5) is 5.69 Å². The lowest BCUT2D eigenvalue weighted by molar-refractivity contribution is 0.603. The molecular formula is C12H11Cl2NO2S2. The summed E-state index contributed by atoms with van der Waals surface area (Å²) in [6, 6.07) is 7.97. The Morgan fingerprint density at radius 1 is 1.16 bits per heavy atom. The second-order valence-corrected chi connectivity index (χ2v) is 7.79. The molecule has 0 saturated carbocycles. The highest BCUT2D eigenvalue weighted by Crippen LogP contribution is 2.27. The highest BCUT2D eigenvalue weighted by molar-refractivity contribution is 7.94. The summed E-state index contributed by atoms with van der Waals surface area (Å²) in [5, 5.41) is 0.760. The van der Waals surface area contributed by atoms with E-state index in [4.69, 9.17) is 23.2 Å². The smallest absolute Gasteiger partial charge is 0.271 e. The van der Waals surface area contributed by atoms with Gasteiger partial charge in [0.2, 0.25) is 0 Å². The molecule has 1 aromatic carbocycles. The number of thiophene rings is 1. The van der Waals surface area contributed by atoms with E-state index < -0.39 is 10.0 Å². The number of halogens is 2. The molecule has 2 aromatic rings. The van der Waals surface area contributed by atoms with Crippen LogP contribution in [0.2, 0.25) is 10.0 Å². The average molecular weight is 336 g/mol. The van der Waals surface area contributed by atoms with Crippen molar-refractivity contribution in [3.63, 3.8) is 0 Å². The van der Waals surface area contributed by atoms with Gasteiger partial charge in [-0.1, -0.05) is 30.1 Å². The van der Waals surface area contributed by atoms with Crippen LogP contribution in [-0.4, -0.2) is 8.42 Å². The topological polar surface area (TPSA) is 46.2 Å². The molecule has 0 unspecified atom stereocenters. The first kappa shape index (κ1) is 14.7. The van der Waals surface area contributed by atoms with E-state index in [2.05, 4.69) is 4.72 Å². The van der Waals surface area contributed by atoms with Gasteiger partial charge in [-0.2, -0.15) is 0 Å². The maximum Gasteiger partial charge on any atom is 0.271 e. The molecule has 0 aliphatic carbocycles. The first-order valence-corrected chi connectivity index (χ1v) is 8.54. The van der Waals surface area contributed by atoms with Crippen LogP contribution in [0.1, 0.15) is 11.8 Å². The molecular weight excluding hydrogens is 325 g/mol. The molecule has 102 valence electrons. The summed E-state index contributed by atoms with van der Waals surface area (Å²) in [5.74, 6) is 0. The molecule has 2 rings (SSSR count). The van der Waals surface area contributed by atoms with Crippen LogP contribution >= 0.6 is 34.5 Å². The van der Waals surface area contributed by atoms with Crippen LogP contribution in [0, 0.1) is 0 Å². The molecule has 0 radical (unpaired) electrons. The molecule has 0 atom stereocenters. The van der Waals surface area contributed by atoms with Crippen LogP contribution in [0.25, 0.3) is 0 Å². The normalized spacial score (nSPS) is 11.5. The Morgan fingerprint density at radius 2 is 1.79 bits per heavy atom. The molecule has 1 heterocycles. The van der Waals surface area contributed by atoms with Gasteiger partial charge in [0.1, 0.15) is 4.21 Å². The summed E-state index contributed by atoms with van der Waals surface area (Å²) in [6.45, 7) is 1.98. The van der Waals surface area contributed by atoms with Gasteiger partial charge in [-0.15, -0.1) is 11.3 Å². The number of benzene rings is 1. The summed E-state index contributed by atoms with van der Waals surface area (Å²) in [6.07, 6.45) is 0.809. The maximum atomic E-state index is 12.2. The molecule has 0 bridgehead atoms. The predicted octanol–water partition coefficient (Wildman–Crippen LogP) is 4.42. The van der Waals surface area contributed by atoms with E-state index in [1.165, 1.54) is 23.5 Å². The lowest BCUT2D eigenvalue weighted by Crippen LogP contribution is -2.11. The Morgan fingerprint density at radius 3 is 2.32 bits per heavy atom. The minimum Gasteiger partial charge on any atom is -0.279 e. The Kier molecular flexibility index (Phi) is 4.40. The molecule has 19 heavy (non-hydrogen) atoms. The van der Waals surface area contributed by atoms with Gasteiger partial charge in [-0.3, -0.25) is 4.72 Å². The van der Waals surface area contributed by atoms with E-state index >= 15 is 0 Å². The van der Waals surface area contributed by atoms with E-state index in [9.17, 15) is 8.42 Å². The number of rotatable bonds is 4. The second kappa shape index (κ2) is 5.71. The Balaban J connectivity index is 2.30. The van der Waals surface area contributed by atoms with Gasteiger partial charge in [0, 0.05) is 14.9 Å². The number of aryl methyl sites for hydroxylation is 1. The van der Waals surface area contributed by atoms with E-state index in [0.717, 1.165) is 11.3 Å². The zero-order chi connectivity index (χ0) is 14.0. The Labute approximate surface area is 126 Å². The lowest BCUT2D eigenvalue weighted by Gasteiger charge is -2.07. The van der Waals surface area contributed by atoms with Crippen molar-refractivity contribution < 1.29 is 8.42 Å². The first-order valence-electron chi connectivity index (χ1n) is 5.48. The fraction of sp³-hybridized carbons (Fsp3) is 0.167. The lowest BCUT2D eigenvalue weighted by atomic mass is 10.3. The minimum absolute atomic E-state index is 0.278. The van der Waals surface area contributed by atoms with Gasteiger partial charge in [-0.05, 0) is 36.8 Å². The van der Waals surface area contributed by atoms with Gasteiger partial charge in [0.15, 0.2) is 0 Å². The minimum atomic E-state index is -3.58. The van der Waals surface area contributed by atoms with E-state index in [0.29, 0.717) is 15.7 Å². The summed E-state index contributed by atoms with van der Waals surface area (Å²) >= 11 is 12.9. The third-order valence-electron chi connectivity index (χ3n) is 2.37. The molecule has 1 aromatic heterocycles. The van der Waals surface area contributed by atoms with Gasteiger partial charge < -0.3 is 0 Å². The van der Waals surface area contributed by atoms with Crippen molar-refractivity contribution in [3.05, 3.63) is 45.3 Å². The van der Waals surface area contributed by atoms with Gasteiger partial charge >= 0.3 is 0 Å². The van der Waals surface area contributed by atoms with Crippen molar-refractivity contribution in [2.45, 2.75) is 17.6 Å². The number of hydrogen-bond donors (Lipinski definition) is 1. The molecule has 0 aliphatic heterocycles. The van der Waals surface area contributed by atoms with Crippen molar-refractivity contribution in [2.75, 3.05) is 4.72 Å². The van der Waals surface area contributed by atoms with Gasteiger partial charge in [-0.25, -0.2) is 8.42 Å². The molecule has 0 aliphatic rings. The summed E-state index contributed by atoms with van der Waals surface area (Å²) < 4.78 is 27.1. The summed E-state index contributed by atoms with van der Waals surface area (Å²) in [5.41, 5.74) is 0.351. The average Bonchev–Trinajstić information content (AvgIpc) is 2.75. The zero-order valence-electron chi connectivity index (χ0n) is 9.98. The maximum absolute atomic E-state index is 12.2. The number of hydrogen-bond acceptors (Lipinski definition) is 3. The van der Waals surface area contributed by atoms with E-state index in [1.54, 1.807) is 12.1 Å². The molecule has 0 spiro atoms. The first-order chi connectivity index (χ1) is 8.90. The van der Waals surface area contributed by atoms with E-state index in [1.807, 2.05) is 13.0 Å². The number of anilines is 1. The third-order valence-corrected chi connectivity index (χ3v) is 5.90. The zero-order valence-corrected chi connectivity index (χ0v) is 13.1. The summed E-state index contributed by atoms with van der Waals surface area (Å²) in [4.78, 5) is 1.02. The van der Waals surface area contributed by atoms with E-state index in [-0.39, 0.29) is 4.21 Å². The van der Waals surface area contributed by atoms with Crippen molar-refractivity contribution in [1.82, 2.24) is 0 Å². The van der Waals surface area contributed by atoms with Crippen molar-refractivity contribution in [3.8, 4) is 0 Å². The predicted molar refractivity (Wildman–Crippen MR) is 81.0 cm³/mol. The molecule has 0 fully saturated rings. The SMILES string of the molecule is CCc1ccc(S(=O)(=O)Nc2cc(Cl)cc(Cl)c2)s1. The fourth-order valence-electron chi connectivity index (χ4n) is 1.51. The molecule has 0 amide bonds. The van der Waals surface area contributed by atoms with Crippen LogP contribution in [0.15, 0.2) is 34.5 Å². The largest absolute Gasteiger partial charge is 0.279 e. The molecule has 7 heteroatoms. The third kappa shape index (κ3) is 3.63. The number of sulfonamides is 1. The van der Waals surface area contributed by atoms with Crippen LogP contribution in [-0.2, 0) is 16.4 Å². The Bertz CT molecular complexity index is 675. The van der Waals surface area contributed by atoms with Crippen LogP contribution < -0.4 is 4.72 Å². The highest BCUT2D eigenvalue weighted by Gasteiger charge is 2.17. The van der Waals surface area contributed by atoms with Crippen LogP contribution in [0.5, 0.6) is 0 Å². The molecule has 1 N–H and O–H groups in total.